The number of alkyl halides is 6. The summed E-state index contributed by atoms with van der Waals surface area (Å²) in [6.07, 6.45) is -10.9. The lowest BCUT2D eigenvalue weighted by atomic mass is 9.97. The van der Waals surface area contributed by atoms with Crippen molar-refractivity contribution in [1.29, 1.82) is 0 Å². The van der Waals surface area contributed by atoms with Gasteiger partial charge in [-0.3, -0.25) is 9.59 Å². The number of halogens is 6. The fraction of sp³-hybridized carbons (Fsp3) is 0.778. The second kappa shape index (κ2) is 6.11. The number of hydrogen-bond donors (Lipinski definition) is 0. The molecule has 0 bridgehead atoms. The molecule has 0 spiro atoms. The molecule has 112 valence electrons. The first-order valence-electron chi connectivity index (χ1n) is 4.91. The van der Waals surface area contributed by atoms with E-state index in [-0.39, 0.29) is 0 Å². The highest BCUT2D eigenvalue weighted by molar-refractivity contribution is 5.75. The van der Waals surface area contributed by atoms with Gasteiger partial charge in [-0.05, 0) is 6.42 Å². The van der Waals surface area contributed by atoms with Gasteiger partial charge in [0.25, 0.3) is 0 Å². The number of carbonyl (C=O) groups is 2. The molecule has 0 saturated heterocycles. The average Bonchev–Trinajstić information content (AvgIpc) is 2.11. The maximum absolute atomic E-state index is 11.7. The third-order valence-electron chi connectivity index (χ3n) is 1.94. The number of ether oxygens (including phenoxy) is 2. The Morgan fingerprint density at radius 2 is 1.11 bits per heavy atom. The molecule has 0 aliphatic rings. The van der Waals surface area contributed by atoms with Gasteiger partial charge < -0.3 is 9.47 Å². The summed E-state index contributed by atoms with van der Waals surface area (Å²) in [5.74, 6) is -6.17. The van der Waals surface area contributed by atoms with Crippen LogP contribution in [0.5, 0.6) is 0 Å². The third kappa shape index (κ3) is 8.27. The minimum absolute atomic E-state index is 0.566. The van der Waals surface area contributed by atoms with Crippen LogP contribution in [0.1, 0.15) is 20.3 Å². The van der Waals surface area contributed by atoms with Crippen molar-refractivity contribution in [3.8, 4) is 0 Å². The predicted octanol–water partition coefficient (Wildman–Crippen LogP) is 2.77. The maximum atomic E-state index is 11.7. The summed E-state index contributed by atoms with van der Waals surface area (Å²) in [7, 11) is 0. The van der Waals surface area contributed by atoms with Crippen molar-refractivity contribution in [2.75, 3.05) is 0 Å². The minimum atomic E-state index is -5.18. The molecular weight excluding hydrogens is 286 g/mol. The highest BCUT2D eigenvalue weighted by atomic mass is 19.4. The smallest absolute Gasteiger partial charge is 0.373 e. The lowest BCUT2D eigenvalue weighted by molar-refractivity contribution is -0.308. The lowest BCUT2D eigenvalue weighted by Gasteiger charge is -2.17. The Bertz CT molecular complexity index is 303. The van der Waals surface area contributed by atoms with Crippen LogP contribution in [0, 0.1) is 11.8 Å². The molecule has 2 atom stereocenters. The number of rotatable bonds is 4. The standard InChI is InChI=1S/C9H10F6O4/c1-4(6(16)18-8(10,11)12)3-5(2)7(17)19-9(13,14)15/h4-5H,3H2,1-2H3. The molecule has 0 aliphatic heterocycles. The van der Waals surface area contributed by atoms with Gasteiger partial charge in [-0.1, -0.05) is 13.8 Å². The molecule has 0 aromatic heterocycles. The first-order valence-corrected chi connectivity index (χ1v) is 4.91. The normalized spacial score (nSPS) is 15.6. The molecule has 0 saturated carbocycles. The second-order valence-corrected chi connectivity index (χ2v) is 3.77. The van der Waals surface area contributed by atoms with E-state index >= 15 is 0 Å². The minimum Gasteiger partial charge on any atom is -0.373 e. The Hall–Kier alpha value is -1.48. The summed E-state index contributed by atoms with van der Waals surface area (Å²) in [5.41, 5.74) is 0. The first kappa shape index (κ1) is 17.5. The van der Waals surface area contributed by atoms with Crippen LogP contribution in [-0.2, 0) is 19.1 Å². The molecule has 0 radical (unpaired) electrons. The van der Waals surface area contributed by atoms with Crippen LogP contribution in [-0.4, -0.2) is 24.7 Å². The van der Waals surface area contributed by atoms with Gasteiger partial charge >= 0.3 is 24.7 Å². The van der Waals surface area contributed by atoms with Gasteiger partial charge in [-0.2, -0.15) is 0 Å². The van der Waals surface area contributed by atoms with Gasteiger partial charge in [0.05, 0.1) is 11.8 Å². The van der Waals surface area contributed by atoms with E-state index in [2.05, 4.69) is 9.47 Å². The Balaban J connectivity index is 4.36. The summed E-state index contributed by atoms with van der Waals surface area (Å²) in [6, 6.07) is 0. The molecule has 0 aliphatic carbocycles. The Morgan fingerprint density at radius 3 is 1.32 bits per heavy atom. The van der Waals surface area contributed by atoms with Gasteiger partial charge in [0.15, 0.2) is 0 Å². The zero-order chi connectivity index (χ0) is 15.4. The van der Waals surface area contributed by atoms with Crippen molar-refractivity contribution in [2.45, 2.75) is 33.0 Å². The maximum Gasteiger partial charge on any atom is 0.575 e. The summed E-state index contributed by atoms with van der Waals surface area (Å²) >= 11 is 0. The van der Waals surface area contributed by atoms with E-state index in [1.54, 1.807) is 0 Å². The quantitative estimate of drug-likeness (QED) is 0.591. The van der Waals surface area contributed by atoms with Gasteiger partial charge in [-0.25, -0.2) is 0 Å². The Morgan fingerprint density at radius 1 is 0.842 bits per heavy atom. The topological polar surface area (TPSA) is 52.6 Å². The van der Waals surface area contributed by atoms with Crippen molar-refractivity contribution in [3.05, 3.63) is 0 Å². The molecule has 0 fully saturated rings. The van der Waals surface area contributed by atoms with Crippen LogP contribution in [0.25, 0.3) is 0 Å². The number of hydrogen-bond acceptors (Lipinski definition) is 4. The fourth-order valence-electron chi connectivity index (χ4n) is 1.15. The molecule has 0 heterocycles. The Labute approximate surface area is 103 Å². The van der Waals surface area contributed by atoms with Crippen molar-refractivity contribution in [3.63, 3.8) is 0 Å². The lowest BCUT2D eigenvalue weighted by Crippen LogP contribution is -2.29. The summed E-state index contributed by atoms with van der Waals surface area (Å²) in [5, 5.41) is 0. The average molecular weight is 296 g/mol. The summed E-state index contributed by atoms with van der Waals surface area (Å²) < 4.78 is 76.3. The molecule has 0 aromatic carbocycles. The predicted molar refractivity (Wildman–Crippen MR) is 47.2 cm³/mol. The van der Waals surface area contributed by atoms with E-state index in [0.29, 0.717) is 0 Å². The van der Waals surface area contributed by atoms with E-state index in [1.807, 2.05) is 0 Å². The number of carbonyl (C=O) groups excluding carboxylic acids is 2. The van der Waals surface area contributed by atoms with Gasteiger partial charge in [0, 0.05) is 0 Å². The van der Waals surface area contributed by atoms with Crippen molar-refractivity contribution in [2.24, 2.45) is 11.8 Å². The van der Waals surface area contributed by atoms with Crippen LogP contribution in [0.3, 0.4) is 0 Å². The third-order valence-corrected chi connectivity index (χ3v) is 1.94. The molecule has 0 N–H and O–H groups in total. The summed E-state index contributed by atoms with van der Waals surface area (Å²) in [4.78, 5) is 21.8. The van der Waals surface area contributed by atoms with E-state index < -0.39 is 42.9 Å². The van der Waals surface area contributed by atoms with Crippen molar-refractivity contribution in [1.82, 2.24) is 0 Å². The van der Waals surface area contributed by atoms with Crippen LogP contribution in [0.4, 0.5) is 26.3 Å². The molecule has 4 nitrogen and oxygen atoms in total. The van der Waals surface area contributed by atoms with Gasteiger partial charge in [-0.15, -0.1) is 26.3 Å². The van der Waals surface area contributed by atoms with Crippen LogP contribution >= 0.6 is 0 Å². The van der Waals surface area contributed by atoms with E-state index in [0.717, 1.165) is 13.8 Å². The van der Waals surface area contributed by atoms with Crippen LogP contribution in [0.15, 0.2) is 0 Å². The SMILES string of the molecule is CC(CC(C)C(=O)OC(F)(F)F)C(=O)OC(F)(F)F. The van der Waals surface area contributed by atoms with E-state index in [4.69, 9.17) is 0 Å². The zero-order valence-electron chi connectivity index (χ0n) is 9.76. The second-order valence-electron chi connectivity index (χ2n) is 3.77. The van der Waals surface area contributed by atoms with Gasteiger partial charge in [0.2, 0.25) is 0 Å². The monoisotopic (exact) mass is 296 g/mol. The van der Waals surface area contributed by atoms with Crippen molar-refractivity contribution < 1.29 is 45.4 Å². The zero-order valence-corrected chi connectivity index (χ0v) is 9.76. The molecule has 19 heavy (non-hydrogen) atoms. The van der Waals surface area contributed by atoms with E-state index in [9.17, 15) is 35.9 Å². The summed E-state index contributed by atoms with van der Waals surface area (Å²) in [6.45, 7) is 1.98. The van der Waals surface area contributed by atoms with Crippen LogP contribution in [0.2, 0.25) is 0 Å². The van der Waals surface area contributed by atoms with Gasteiger partial charge in [0.1, 0.15) is 0 Å². The van der Waals surface area contributed by atoms with Crippen LogP contribution < -0.4 is 0 Å². The highest BCUT2D eigenvalue weighted by Gasteiger charge is 2.38. The highest BCUT2D eigenvalue weighted by Crippen LogP contribution is 2.24. The van der Waals surface area contributed by atoms with Crippen molar-refractivity contribution >= 4 is 11.9 Å². The molecule has 10 heteroatoms. The molecular formula is C9H10F6O4. The van der Waals surface area contributed by atoms with E-state index in [1.165, 1.54) is 0 Å². The largest absolute Gasteiger partial charge is 0.575 e. The fourth-order valence-corrected chi connectivity index (χ4v) is 1.15. The molecule has 0 amide bonds. The Kier molecular flexibility index (Phi) is 5.63. The number of esters is 2. The molecule has 0 aromatic rings. The molecule has 2 unspecified atom stereocenters. The molecule has 0 rings (SSSR count). The first-order chi connectivity index (χ1) is 8.32.